The average Bonchev–Trinajstić information content (AvgIpc) is 2.41. The highest BCUT2D eigenvalue weighted by Crippen LogP contribution is 2.09. The second-order valence-corrected chi connectivity index (χ2v) is 2.56. The summed E-state index contributed by atoms with van der Waals surface area (Å²) in [4.78, 5) is 0. The third kappa shape index (κ3) is 2.22. The SMILES string of the molecule is CCCCC=C1C=CC=C1. The van der Waals surface area contributed by atoms with E-state index in [1.165, 1.54) is 24.8 Å². The molecule has 0 spiro atoms. The fraction of sp³-hybridized carbons (Fsp3) is 0.400. The topological polar surface area (TPSA) is 0 Å². The van der Waals surface area contributed by atoms with E-state index in [9.17, 15) is 0 Å². The summed E-state index contributed by atoms with van der Waals surface area (Å²) in [6.45, 7) is 2.22. The molecule has 1 rings (SSSR count). The predicted octanol–water partition coefficient (Wildman–Crippen LogP) is 3.23. The van der Waals surface area contributed by atoms with Crippen molar-refractivity contribution in [1.82, 2.24) is 0 Å². The third-order valence-corrected chi connectivity index (χ3v) is 1.63. The van der Waals surface area contributed by atoms with Gasteiger partial charge in [0.2, 0.25) is 0 Å². The van der Waals surface area contributed by atoms with Crippen LogP contribution in [0.15, 0.2) is 36.0 Å². The van der Waals surface area contributed by atoms with E-state index in [1.54, 1.807) is 0 Å². The molecular formula is C10H14. The van der Waals surface area contributed by atoms with Gasteiger partial charge >= 0.3 is 0 Å². The van der Waals surface area contributed by atoms with Gasteiger partial charge in [0, 0.05) is 0 Å². The Hall–Kier alpha value is -0.780. The molecule has 0 heterocycles. The number of unbranched alkanes of at least 4 members (excludes halogenated alkanes) is 2. The van der Waals surface area contributed by atoms with Gasteiger partial charge in [-0.05, 0) is 12.0 Å². The van der Waals surface area contributed by atoms with Crippen molar-refractivity contribution in [2.45, 2.75) is 26.2 Å². The molecular weight excluding hydrogens is 120 g/mol. The van der Waals surface area contributed by atoms with Crippen LogP contribution < -0.4 is 0 Å². The van der Waals surface area contributed by atoms with Crippen LogP contribution in [-0.4, -0.2) is 0 Å². The van der Waals surface area contributed by atoms with Crippen molar-refractivity contribution < 1.29 is 0 Å². The summed E-state index contributed by atoms with van der Waals surface area (Å²) >= 11 is 0. The molecule has 0 fully saturated rings. The molecule has 0 radical (unpaired) electrons. The lowest BCUT2D eigenvalue weighted by molar-refractivity contribution is 0.813. The molecule has 54 valence electrons. The molecule has 0 aromatic heterocycles. The van der Waals surface area contributed by atoms with Crippen molar-refractivity contribution in [2.75, 3.05) is 0 Å². The molecule has 10 heavy (non-hydrogen) atoms. The quantitative estimate of drug-likeness (QED) is 0.520. The summed E-state index contributed by atoms with van der Waals surface area (Å²) < 4.78 is 0. The van der Waals surface area contributed by atoms with Gasteiger partial charge in [-0.15, -0.1) is 0 Å². The Labute approximate surface area is 62.9 Å². The second-order valence-electron chi connectivity index (χ2n) is 2.56. The number of allylic oxidation sites excluding steroid dienone is 6. The molecule has 0 aromatic carbocycles. The smallest absolute Gasteiger partial charge is 0.0297 e. The molecule has 1 aliphatic rings. The van der Waals surface area contributed by atoms with E-state index < -0.39 is 0 Å². The minimum atomic E-state index is 1.22. The van der Waals surface area contributed by atoms with E-state index in [0.717, 1.165) is 0 Å². The number of rotatable bonds is 3. The third-order valence-electron chi connectivity index (χ3n) is 1.63. The van der Waals surface area contributed by atoms with Crippen molar-refractivity contribution in [3.8, 4) is 0 Å². The first-order valence-corrected chi connectivity index (χ1v) is 3.98. The van der Waals surface area contributed by atoms with Crippen molar-refractivity contribution in [3.05, 3.63) is 36.0 Å². The largest absolute Gasteiger partial charge is 0.0773 e. The van der Waals surface area contributed by atoms with Crippen molar-refractivity contribution >= 4 is 0 Å². The summed E-state index contributed by atoms with van der Waals surface area (Å²) in [5.74, 6) is 0. The summed E-state index contributed by atoms with van der Waals surface area (Å²) in [7, 11) is 0. The van der Waals surface area contributed by atoms with E-state index in [0.29, 0.717) is 0 Å². The van der Waals surface area contributed by atoms with Gasteiger partial charge in [-0.25, -0.2) is 0 Å². The maximum Gasteiger partial charge on any atom is -0.0297 e. The van der Waals surface area contributed by atoms with Crippen LogP contribution in [0.2, 0.25) is 0 Å². The predicted molar refractivity (Wildman–Crippen MR) is 45.9 cm³/mol. The molecule has 0 saturated heterocycles. The molecule has 0 bridgehead atoms. The fourth-order valence-corrected chi connectivity index (χ4v) is 0.998. The molecule has 0 unspecified atom stereocenters. The van der Waals surface area contributed by atoms with Gasteiger partial charge in [0.1, 0.15) is 0 Å². The first kappa shape index (κ1) is 7.33. The van der Waals surface area contributed by atoms with Gasteiger partial charge in [-0.3, -0.25) is 0 Å². The molecule has 0 nitrogen and oxygen atoms in total. The van der Waals surface area contributed by atoms with Crippen LogP contribution in [0.5, 0.6) is 0 Å². The van der Waals surface area contributed by atoms with Crippen LogP contribution in [0, 0.1) is 0 Å². The molecule has 0 atom stereocenters. The lowest BCUT2D eigenvalue weighted by Crippen LogP contribution is -1.70. The minimum Gasteiger partial charge on any atom is -0.0773 e. The molecule has 0 N–H and O–H groups in total. The van der Waals surface area contributed by atoms with E-state index in [1.807, 2.05) is 0 Å². The Kier molecular flexibility index (Phi) is 3.01. The van der Waals surface area contributed by atoms with Gasteiger partial charge in [-0.1, -0.05) is 50.1 Å². The van der Waals surface area contributed by atoms with Crippen LogP contribution >= 0.6 is 0 Å². The van der Waals surface area contributed by atoms with E-state index in [4.69, 9.17) is 0 Å². The highest BCUT2D eigenvalue weighted by atomic mass is 13.9. The Balaban J connectivity index is 2.26. The fourth-order valence-electron chi connectivity index (χ4n) is 0.998. The Morgan fingerprint density at radius 3 is 2.60 bits per heavy atom. The first-order valence-electron chi connectivity index (χ1n) is 3.98. The Morgan fingerprint density at radius 1 is 1.30 bits per heavy atom. The Morgan fingerprint density at radius 2 is 2.00 bits per heavy atom. The van der Waals surface area contributed by atoms with Crippen LogP contribution in [0.1, 0.15) is 26.2 Å². The summed E-state index contributed by atoms with van der Waals surface area (Å²) in [5, 5.41) is 0. The van der Waals surface area contributed by atoms with Gasteiger partial charge in [0.15, 0.2) is 0 Å². The zero-order chi connectivity index (χ0) is 7.23. The van der Waals surface area contributed by atoms with Gasteiger partial charge < -0.3 is 0 Å². The van der Waals surface area contributed by atoms with Crippen molar-refractivity contribution in [3.63, 3.8) is 0 Å². The van der Waals surface area contributed by atoms with E-state index in [-0.39, 0.29) is 0 Å². The molecule has 0 heteroatoms. The monoisotopic (exact) mass is 134 g/mol. The molecule has 0 aliphatic heterocycles. The first-order chi connectivity index (χ1) is 4.93. The van der Waals surface area contributed by atoms with Gasteiger partial charge in [-0.2, -0.15) is 0 Å². The lowest BCUT2D eigenvalue weighted by atomic mass is 10.2. The van der Waals surface area contributed by atoms with E-state index >= 15 is 0 Å². The minimum absolute atomic E-state index is 1.22. The zero-order valence-electron chi connectivity index (χ0n) is 6.51. The maximum atomic E-state index is 2.30. The molecule has 1 aliphatic carbocycles. The molecule has 0 aromatic rings. The van der Waals surface area contributed by atoms with E-state index in [2.05, 4.69) is 37.3 Å². The molecule has 0 saturated carbocycles. The Bertz CT molecular complexity index is 156. The van der Waals surface area contributed by atoms with Gasteiger partial charge in [0.25, 0.3) is 0 Å². The standard InChI is InChI=1S/C10H14/c1-2-3-4-7-10-8-5-6-9-10/h5-9H,2-4H2,1H3. The van der Waals surface area contributed by atoms with Crippen LogP contribution in [-0.2, 0) is 0 Å². The van der Waals surface area contributed by atoms with Crippen molar-refractivity contribution in [1.29, 1.82) is 0 Å². The number of hydrogen-bond donors (Lipinski definition) is 0. The zero-order valence-corrected chi connectivity index (χ0v) is 6.51. The summed E-state index contributed by atoms with van der Waals surface area (Å²) in [5.41, 5.74) is 1.37. The van der Waals surface area contributed by atoms with Crippen LogP contribution in [0.25, 0.3) is 0 Å². The van der Waals surface area contributed by atoms with Crippen molar-refractivity contribution in [2.24, 2.45) is 0 Å². The number of hydrogen-bond acceptors (Lipinski definition) is 0. The molecule has 0 amide bonds. The van der Waals surface area contributed by atoms with Crippen LogP contribution in [0.4, 0.5) is 0 Å². The average molecular weight is 134 g/mol. The normalized spacial score (nSPS) is 14.7. The summed E-state index contributed by atoms with van der Waals surface area (Å²) in [6, 6.07) is 0. The highest BCUT2D eigenvalue weighted by Gasteiger charge is 1.88. The lowest BCUT2D eigenvalue weighted by Gasteiger charge is -1.90. The highest BCUT2D eigenvalue weighted by molar-refractivity contribution is 5.39. The summed E-state index contributed by atoms with van der Waals surface area (Å²) in [6.07, 6.45) is 14.6. The van der Waals surface area contributed by atoms with Crippen LogP contribution in [0.3, 0.4) is 0 Å². The van der Waals surface area contributed by atoms with Gasteiger partial charge in [0.05, 0.1) is 0 Å². The maximum absolute atomic E-state index is 2.30. The second kappa shape index (κ2) is 4.10.